The molecule has 1 saturated heterocycles. The molecule has 11 nitrogen and oxygen atoms in total. The van der Waals surface area contributed by atoms with Crippen molar-refractivity contribution in [1.29, 1.82) is 0 Å². The van der Waals surface area contributed by atoms with Crippen LogP contribution in [0.15, 0.2) is 35.5 Å². The Bertz CT molecular complexity index is 2010. The highest BCUT2D eigenvalue weighted by atomic mass is 19.2. The molecular formula is C31H34F2N8O3. The standard InChI is InChI=1S/C31H34F2N8O3/c1-34-21-8-20(32)25(33)23-24-27(40-11-14-5-6-22(39(3)4)18(14)12-40)17(10-36-29(24)38-26(21)23)15-7-16-28(42)19(31(43)44)13-41(35-2)30(16)37-9-15/h7-10,13-14,18,22,31,34-35,43-44H,5-6,11-12H2,1-4H3,(H,36,38)/t14-,18+,22-/m1/s1. The van der Waals surface area contributed by atoms with Gasteiger partial charge >= 0.3 is 0 Å². The molecule has 1 aliphatic carbocycles. The fourth-order valence-corrected chi connectivity index (χ4v) is 7.47. The minimum atomic E-state index is -1.98. The van der Waals surface area contributed by atoms with Crippen molar-refractivity contribution in [2.75, 3.05) is 56.9 Å². The molecule has 13 heteroatoms. The summed E-state index contributed by atoms with van der Waals surface area (Å²) in [7, 11) is 7.47. The quantitative estimate of drug-likeness (QED) is 0.185. The maximum Gasteiger partial charge on any atom is 0.199 e. The molecule has 230 valence electrons. The molecule has 0 radical (unpaired) electrons. The number of pyridine rings is 3. The molecule has 2 aliphatic rings. The van der Waals surface area contributed by atoms with Gasteiger partial charge in [0.25, 0.3) is 0 Å². The molecule has 0 spiro atoms. The predicted molar refractivity (Wildman–Crippen MR) is 166 cm³/mol. The number of benzene rings is 1. The lowest BCUT2D eigenvalue weighted by Gasteiger charge is -2.28. The molecule has 3 atom stereocenters. The van der Waals surface area contributed by atoms with Crippen LogP contribution >= 0.6 is 0 Å². The molecular weight excluding hydrogens is 570 g/mol. The lowest BCUT2D eigenvalue weighted by atomic mass is 9.97. The van der Waals surface area contributed by atoms with Gasteiger partial charge in [-0.25, -0.2) is 23.4 Å². The second-order valence-corrected chi connectivity index (χ2v) is 12.0. The third-order valence-electron chi connectivity index (χ3n) is 9.53. The molecule has 0 amide bonds. The second-order valence-electron chi connectivity index (χ2n) is 12.0. The van der Waals surface area contributed by atoms with Crippen LogP contribution < -0.4 is 21.1 Å². The Labute approximate surface area is 251 Å². The van der Waals surface area contributed by atoms with Gasteiger partial charge in [0, 0.05) is 69.0 Å². The van der Waals surface area contributed by atoms with Crippen LogP contribution in [0.3, 0.4) is 0 Å². The highest BCUT2D eigenvalue weighted by Crippen LogP contribution is 2.48. The van der Waals surface area contributed by atoms with Crippen molar-refractivity contribution >= 4 is 44.3 Å². The van der Waals surface area contributed by atoms with Crippen LogP contribution in [-0.2, 0) is 0 Å². The number of halogens is 2. The van der Waals surface area contributed by atoms with E-state index in [1.54, 1.807) is 32.6 Å². The van der Waals surface area contributed by atoms with Gasteiger partial charge in [0.1, 0.15) is 5.65 Å². The van der Waals surface area contributed by atoms with E-state index in [1.807, 2.05) is 0 Å². The van der Waals surface area contributed by atoms with Gasteiger partial charge < -0.3 is 35.7 Å². The molecule has 1 aromatic carbocycles. The first-order valence-corrected chi connectivity index (χ1v) is 14.6. The molecule has 0 unspecified atom stereocenters. The molecule has 1 aliphatic heterocycles. The SMILES string of the molecule is CNc1cc(F)c(F)c2c1[nH]c1ncc(-c3cnc4c(c3)c(=O)c(C(O)O)cn4NC)c(N3C[C@H]4CC[C@@H](N(C)C)[C@H]4C3)c12. The highest BCUT2D eigenvalue weighted by molar-refractivity contribution is 6.18. The number of rotatable bonds is 6. The van der Waals surface area contributed by atoms with E-state index in [2.05, 4.69) is 49.6 Å². The average Bonchev–Trinajstić information content (AvgIpc) is 3.71. The molecule has 0 bridgehead atoms. The largest absolute Gasteiger partial charge is 0.386 e. The Balaban J connectivity index is 1.52. The summed E-state index contributed by atoms with van der Waals surface area (Å²) in [4.78, 5) is 30.3. The number of H-pyrrole nitrogens is 1. The van der Waals surface area contributed by atoms with Crippen LogP contribution in [0.4, 0.5) is 20.2 Å². The number of fused-ring (bicyclic) bond motifs is 5. The molecule has 44 heavy (non-hydrogen) atoms. The number of aliphatic hydroxyl groups excluding tert-OH is 1. The summed E-state index contributed by atoms with van der Waals surface area (Å²) in [6.45, 7) is 1.45. The summed E-state index contributed by atoms with van der Waals surface area (Å²) in [5.74, 6) is -1.11. The number of anilines is 2. The fourth-order valence-electron chi connectivity index (χ4n) is 7.47. The van der Waals surface area contributed by atoms with Gasteiger partial charge in [-0.15, -0.1) is 0 Å². The van der Waals surface area contributed by atoms with E-state index in [-0.39, 0.29) is 16.3 Å². The third-order valence-corrected chi connectivity index (χ3v) is 9.53. The monoisotopic (exact) mass is 604 g/mol. The van der Waals surface area contributed by atoms with Crippen LogP contribution in [0.5, 0.6) is 0 Å². The average molecular weight is 605 g/mol. The predicted octanol–water partition coefficient (Wildman–Crippen LogP) is 3.35. The summed E-state index contributed by atoms with van der Waals surface area (Å²) in [5, 5.41) is 23.4. The summed E-state index contributed by atoms with van der Waals surface area (Å²) in [5.41, 5.74) is 5.46. The van der Waals surface area contributed by atoms with Crippen LogP contribution in [0, 0.1) is 23.5 Å². The van der Waals surface area contributed by atoms with Gasteiger partial charge in [-0.3, -0.25) is 4.79 Å². The van der Waals surface area contributed by atoms with Crippen molar-refractivity contribution in [1.82, 2.24) is 24.5 Å². The van der Waals surface area contributed by atoms with Crippen LogP contribution in [-0.4, -0.2) is 82.1 Å². The number of nitrogens with one attached hydrogen (secondary N) is 3. The number of nitrogens with zero attached hydrogens (tertiary/aromatic N) is 5. The van der Waals surface area contributed by atoms with E-state index in [0.717, 1.165) is 32.0 Å². The first-order chi connectivity index (χ1) is 21.1. The van der Waals surface area contributed by atoms with E-state index in [0.29, 0.717) is 62.6 Å². The Kier molecular flexibility index (Phi) is 6.72. The van der Waals surface area contributed by atoms with Crippen molar-refractivity contribution in [3.05, 3.63) is 58.1 Å². The number of hydrogen-bond donors (Lipinski definition) is 5. The first kappa shape index (κ1) is 28.4. The molecule has 1 saturated carbocycles. The van der Waals surface area contributed by atoms with Crippen molar-refractivity contribution in [3.63, 3.8) is 0 Å². The molecule has 5 N–H and O–H groups in total. The van der Waals surface area contributed by atoms with E-state index >= 15 is 4.39 Å². The first-order valence-electron chi connectivity index (χ1n) is 14.6. The van der Waals surface area contributed by atoms with Crippen molar-refractivity contribution in [2.24, 2.45) is 11.8 Å². The normalized spacial score (nSPS) is 20.1. The Morgan fingerprint density at radius 1 is 1.09 bits per heavy atom. The summed E-state index contributed by atoms with van der Waals surface area (Å²) < 4.78 is 32.2. The Morgan fingerprint density at radius 2 is 1.89 bits per heavy atom. The van der Waals surface area contributed by atoms with Crippen LogP contribution in [0.25, 0.3) is 44.1 Å². The molecule has 5 aromatic rings. The maximum atomic E-state index is 15.8. The van der Waals surface area contributed by atoms with Crippen molar-refractivity contribution in [3.8, 4) is 11.1 Å². The summed E-state index contributed by atoms with van der Waals surface area (Å²) in [6.07, 6.45) is 4.78. The van der Waals surface area contributed by atoms with Gasteiger partial charge in [-0.05, 0) is 44.8 Å². The van der Waals surface area contributed by atoms with E-state index in [9.17, 15) is 19.4 Å². The number of hydrogen-bond acceptors (Lipinski definition) is 9. The minimum absolute atomic E-state index is 0.104. The second kappa shape index (κ2) is 10.4. The topological polar surface area (TPSA) is 135 Å². The maximum absolute atomic E-state index is 15.8. The molecule has 2 fully saturated rings. The smallest absolute Gasteiger partial charge is 0.199 e. The van der Waals surface area contributed by atoms with Crippen molar-refractivity contribution < 1.29 is 19.0 Å². The Morgan fingerprint density at radius 3 is 2.59 bits per heavy atom. The van der Waals surface area contributed by atoms with E-state index in [4.69, 9.17) is 0 Å². The lowest BCUT2D eigenvalue weighted by molar-refractivity contribution is -0.0435. The minimum Gasteiger partial charge on any atom is -0.386 e. The summed E-state index contributed by atoms with van der Waals surface area (Å²) in [6, 6.07) is 3.17. The summed E-state index contributed by atoms with van der Waals surface area (Å²) >= 11 is 0. The number of aromatic nitrogens is 4. The lowest BCUT2D eigenvalue weighted by Crippen LogP contribution is -2.35. The zero-order chi connectivity index (χ0) is 31.0. The molecule has 7 rings (SSSR count). The zero-order valence-electron chi connectivity index (χ0n) is 24.8. The van der Waals surface area contributed by atoms with Crippen LogP contribution in [0.2, 0.25) is 0 Å². The third kappa shape index (κ3) is 4.14. The Hall–Kier alpha value is -4.33. The van der Waals surface area contributed by atoms with Gasteiger partial charge in [0.15, 0.2) is 29.0 Å². The van der Waals surface area contributed by atoms with Gasteiger partial charge in [0.05, 0.1) is 38.6 Å². The number of aliphatic hydroxyl groups is 2. The zero-order valence-corrected chi connectivity index (χ0v) is 24.8. The van der Waals surface area contributed by atoms with Gasteiger partial charge in [-0.2, -0.15) is 0 Å². The van der Waals surface area contributed by atoms with Gasteiger partial charge in [-0.1, -0.05) is 0 Å². The number of aromatic amines is 1. The molecule has 5 heterocycles. The highest BCUT2D eigenvalue weighted by Gasteiger charge is 2.44. The molecule has 4 aromatic heterocycles. The van der Waals surface area contributed by atoms with Gasteiger partial charge in [0.2, 0.25) is 0 Å². The van der Waals surface area contributed by atoms with Crippen molar-refractivity contribution in [2.45, 2.75) is 25.2 Å². The van der Waals surface area contributed by atoms with E-state index in [1.165, 1.54) is 10.9 Å². The van der Waals surface area contributed by atoms with Crippen LogP contribution in [0.1, 0.15) is 24.7 Å². The van der Waals surface area contributed by atoms with E-state index < -0.39 is 23.4 Å². The fraction of sp³-hybridized carbons (Fsp3) is 0.387.